The first-order chi connectivity index (χ1) is 16.1. The van der Waals surface area contributed by atoms with Gasteiger partial charge >= 0.3 is 0 Å². The summed E-state index contributed by atoms with van der Waals surface area (Å²) in [7, 11) is 3.38. The second kappa shape index (κ2) is 20.9. The first-order valence-corrected chi connectivity index (χ1v) is 12.9. The monoisotopic (exact) mass is 534 g/mol. The molecular formula is C27H48Cl2N2O4. The molecule has 6 nitrogen and oxygen atoms in total. The molecule has 204 valence electrons. The highest BCUT2D eigenvalue weighted by atomic mass is 35.5. The number of unbranched alkanes of at least 4 members (excludes halogenated alkanes) is 3. The van der Waals surface area contributed by atoms with Crippen molar-refractivity contribution in [3.63, 3.8) is 0 Å². The van der Waals surface area contributed by atoms with Crippen molar-refractivity contribution in [2.75, 3.05) is 53.6 Å². The number of methoxy groups -OCH3 is 2. The van der Waals surface area contributed by atoms with Crippen LogP contribution in [0.2, 0.25) is 0 Å². The van der Waals surface area contributed by atoms with Gasteiger partial charge in [-0.2, -0.15) is 0 Å². The number of likely N-dealkylation sites (tertiary alicyclic amines) is 1. The van der Waals surface area contributed by atoms with E-state index in [1.807, 2.05) is 6.07 Å². The Morgan fingerprint density at radius 2 is 1.71 bits per heavy atom. The van der Waals surface area contributed by atoms with Crippen molar-refractivity contribution in [3.05, 3.63) is 23.8 Å². The number of amides is 1. The van der Waals surface area contributed by atoms with Crippen LogP contribution in [0.15, 0.2) is 18.2 Å². The Morgan fingerprint density at radius 1 is 0.971 bits per heavy atom. The van der Waals surface area contributed by atoms with E-state index in [9.17, 15) is 4.79 Å². The Balaban J connectivity index is 0.00000578. The molecule has 8 heteroatoms. The lowest BCUT2D eigenvalue weighted by molar-refractivity contribution is -0.124. The van der Waals surface area contributed by atoms with Gasteiger partial charge < -0.3 is 24.4 Å². The third-order valence-corrected chi connectivity index (χ3v) is 6.45. The fraction of sp³-hybridized carbons (Fsp3) is 0.741. The lowest BCUT2D eigenvalue weighted by Gasteiger charge is -2.26. The molecule has 0 unspecified atom stereocenters. The standard InChI is InChI=1S/C27H46N2O4.2ClH/c1-23(27(30)28-16-19-29-17-9-6-10-18-29)12-7-4-5-8-13-24-14-15-25(32-3)26(22-24)33-21-11-20-31-2;;/h14-15,22-23H,4-13,16-21H2,1-3H3,(H,28,30);2*1H/t23-;;/m1../s1. The Morgan fingerprint density at radius 3 is 2.43 bits per heavy atom. The number of hydrogen-bond donors (Lipinski definition) is 1. The SMILES string of the molecule is COCCCOc1cc(CCCCCC[C@@H](C)C(=O)NCCN2CCCCC2)ccc1OC.Cl.Cl. The Labute approximate surface area is 225 Å². The van der Waals surface area contributed by atoms with E-state index in [0.29, 0.717) is 13.2 Å². The van der Waals surface area contributed by atoms with Crippen LogP contribution in [0, 0.1) is 5.92 Å². The number of aryl methyl sites for hydroxylation is 1. The highest BCUT2D eigenvalue weighted by molar-refractivity contribution is 5.85. The number of rotatable bonds is 17. The topological polar surface area (TPSA) is 60.0 Å². The summed E-state index contributed by atoms with van der Waals surface area (Å²) in [4.78, 5) is 14.8. The molecule has 1 aromatic rings. The molecule has 1 aliphatic rings. The predicted octanol–water partition coefficient (Wildman–Crippen LogP) is 5.69. The Bertz CT molecular complexity index is 673. The minimum absolute atomic E-state index is 0. The van der Waals surface area contributed by atoms with Gasteiger partial charge in [0.1, 0.15) is 0 Å². The van der Waals surface area contributed by atoms with Crippen LogP contribution in [-0.2, 0) is 16.0 Å². The summed E-state index contributed by atoms with van der Waals surface area (Å²) in [5.41, 5.74) is 1.28. The van der Waals surface area contributed by atoms with E-state index in [0.717, 1.165) is 56.7 Å². The lowest BCUT2D eigenvalue weighted by atomic mass is 10.00. The molecule has 1 N–H and O–H groups in total. The maximum absolute atomic E-state index is 12.3. The van der Waals surface area contributed by atoms with Crippen molar-refractivity contribution in [1.82, 2.24) is 10.2 Å². The zero-order valence-electron chi connectivity index (χ0n) is 22.0. The van der Waals surface area contributed by atoms with Gasteiger partial charge in [0.25, 0.3) is 0 Å². The molecule has 0 saturated carbocycles. The normalized spacial score (nSPS) is 14.4. The minimum atomic E-state index is 0. The number of ether oxygens (including phenoxy) is 3. The van der Waals surface area contributed by atoms with Crippen molar-refractivity contribution in [3.8, 4) is 11.5 Å². The molecule has 35 heavy (non-hydrogen) atoms. The van der Waals surface area contributed by atoms with E-state index >= 15 is 0 Å². The summed E-state index contributed by atoms with van der Waals surface area (Å²) in [5, 5.41) is 3.13. The van der Waals surface area contributed by atoms with E-state index in [1.165, 1.54) is 50.8 Å². The van der Waals surface area contributed by atoms with Crippen LogP contribution in [0.4, 0.5) is 0 Å². The Kier molecular flexibility index (Phi) is 20.2. The fourth-order valence-corrected chi connectivity index (χ4v) is 4.33. The molecule has 0 aliphatic carbocycles. The van der Waals surface area contributed by atoms with Crippen LogP contribution in [0.25, 0.3) is 0 Å². The van der Waals surface area contributed by atoms with Gasteiger partial charge in [-0.25, -0.2) is 0 Å². The minimum Gasteiger partial charge on any atom is -0.493 e. The van der Waals surface area contributed by atoms with Crippen LogP contribution in [0.3, 0.4) is 0 Å². The van der Waals surface area contributed by atoms with Crippen LogP contribution < -0.4 is 14.8 Å². The van der Waals surface area contributed by atoms with Gasteiger partial charge in [0, 0.05) is 39.1 Å². The quantitative estimate of drug-likeness (QED) is 0.260. The van der Waals surface area contributed by atoms with Crippen molar-refractivity contribution >= 4 is 30.7 Å². The van der Waals surface area contributed by atoms with Gasteiger partial charge in [-0.15, -0.1) is 24.8 Å². The van der Waals surface area contributed by atoms with E-state index in [4.69, 9.17) is 14.2 Å². The molecule has 1 fully saturated rings. The molecule has 2 rings (SSSR count). The first kappa shape index (κ1) is 33.8. The summed E-state index contributed by atoms with van der Waals surface area (Å²) in [6, 6.07) is 6.21. The number of halogens is 2. The number of benzene rings is 1. The fourth-order valence-electron chi connectivity index (χ4n) is 4.33. The summed E-state index contributed by atoms with van der Waals surface area (Å²) in [6.07, 6.45) is 11.4. The molecule has 1 aliphatic heterocycles. The molecule has 1 amide bonds. The van der Waals surface area contributed by atoms with E-state index < -0.39 is 0 Å². The molecule has 1 heterocycles. The molecule has 0 radical (unpaired) electrons. The van der Waals surface area contributed by atoms with Gasteiger partial charge in [-0.1, -0.05) is 38.7 Å². The smallest absolute Gasteiger partial charge is 0.222 e. The third kappa shape index (κ3) is 14.2. The van der Waals surface area contributed by atoms with E-state index in [-0.39, 0.29) is 36.6 Å². The molecule has 1 saturated heterocycles. The van der Waals surface area contributed by atoms with E-state index in [1.54, 1.807) is 14.2 Å². The molecule has 0 bridgehead atoms. The summed E-state index contributed by atoms with van der Waals surface area (Å²) >= 11 is 0. The zero-order chi connectivity index (χ0) is 23.7. The number of nitrogens with zero attached hydrogens (tertiary/aromatic N) is 1. The third-order valence-electron chi connectivity index (χ3n) is 6.45. The summed E-state index contributed by atoms with van der Waals surface area (Å²) < 4.78 is 16.4. The molecular weight excluding hydrogens is 487 g/mol. The number of piperidine rings is 1. The summed E-state index contributed by atoms with van der Waals surface area (Å²) in [6.45, 7) is 7.52. The summed E-state index contributed by atoms with van der Waals surface area (Å²) in [5.74, 6) is 1.90. The highest BCUT2D eigenvalue weighted by Crippen LogP contribution is 2.29. The zero-order valence-corrected chi connectivity index (χ0v) is 23.7. The van der Waals surface area contributed by atoms with Crippen molar-refractivity contribution in [2.24, 2.45) is 5.92 Å². The number of nitrogens with one attached hydrogen (secondary N) is 1. The second-order valence-electron chi connectivity index (χ2n) is 9.23. The number of carbonyl (C=O) groups excluding carboxylic acids is 1. The van der Waals surface area contributed by atoms with Crippen LogP contribution >= 0.6 is 24.8 Å². The van der Waals surface area contributed by atoms with Crippen LogP contribution in [0.1, 0.15) is 70.3 Å². The van der Waals surface area contributed by atoms with Gasteiger partial charge in [-0.05, 0) is 62.9 Å². The lowest BCUT2D eigenvalue weighted by Crippen LogP contribution is -2.39. The van der Waals surface area contributed by atoms with Crippen molar-refractivity contribution in [2.45, 2.75) is 71.1 Å². The first-order valence-electron chi connectivity index (χ1n) is 12.9. The Hall–Kier alpha value is -1.21. The molecule has 1 atom stereocenters. The van der Waals surface area contributed by atoms with Crippen LogP contribution in [0.5, 0.6) is 11.5 Å². The van der Waals surface area contributed by atoms with Gasteiger partial charge in [0.15, 0.2) is 11.5 Å². The molecule has 0 spiro atoms. The van der Waals surface area contributed by atoms with Crippen molar-refractivity contribution in [1.29, 1.82) is 0 Å². The predicted molar refractivity (Wildman–Crippen MR) is 149 cm³/mol. The highest BCUT2D eigenvalue weighted by Gasteiger charge is 2.14. The average Bonchev–Trinajstić information content (AvgIpc) is 2.84. The van der Waals surface area contributed by atoms with E-state index in [2.05, 4.69) is 29.3 Å². The maximum atomic E-state index is 12.3. The van der Waals surface area contributed by atoms with Gasteiger partial charge in [0.05, 0.1) is 13.7 Å². The van der Waals surface area contributed by atoms with Gasteiger partial charge in [-0.3, -0.25) is 4.79 Å². The molecule has 0 aromatic heterocycles. The van der Waals surface area contributed by atoms with Crippen molar-refractivity contribution < 1.29 is 19.0 Å². The maximum Gasteiger partial charge on any atom is 0.222 e. The van der Waals surface area contributed by atoms with Gasteiger partial charge in [0.2, 0.25) is 5.91 Å². The average molecular weight is 536 g/mol. The molecule has 1 aromatic carbocycles. The van der Waals surface area contributed by atoms with Crippen LogP contribution in [-0.4, -0.2) is 64.4 Å². The number of hydrogen-bond acceptors (Lipinski definition) is 5. The largest absolute Gasteiger partial charge is 0.493 e. The number of carbonyl (C=O) groups is 1. The second-order valence-corrected chi connectivity index (χ2v) is 9.23.